The molecule has 0 unspecified atom stereocenters. The highest BCUT2D eigenvalue weighted by Crippen LogP contribution is 2.00. The first-order valence-corrected chi connectivity index (χ1v) is 13.8. The van der Waals surface area contributed by atoms with Crippen molar-refractivity contribution in [2.45, 2.75) is 0 Å². The molecule has 0 heterocycles. The predicted molar refractivity (Wildman–Crippen MR) is 146 cm³/mol. The van der Waals surface area contributed by atoms with Crippen molar-refractivity contribution in [2.24, 2.45) is 0 Å². The highest BCUT2D eigenvalue weighted by molar-refractivity contribution is 5.89. The topological polar surface area (TPSA) is 119 Å². The average Bonchev–Trinajstić information content (AvgIpc) is 2.98. The van der Waals surface area contributed by atoms with Crippen molar-refractivity contribution in [3.63, 3.8) is 0 Å². The van der Waals surface area contributed by atoms with Crippen molar-refractivity contribution in [1.82, 2.24) is 0 Å². The number of ether oxygens (including phenoxy) is 11. The van der Waals surface area contributed by atoms with Gasteiger partial charge in [-0.15, -0.1) is 0 Å². The second-order valence-electron chi connectivity index (χ2n) is 8.01. The van der Waals surface area contributed by atoms with E-state index in [-0.39, 0.29) is 12.6 Å². The fourth-order valence-corrected chi connectivity index (χ4v) is 2.85. The van der Waals surface area contributed by atoms with E-state index in [9.17, 15) is 4.79 Å². The van der Waals surface area contributed by atoms with Crippen molar-refractivity contribution < 1.29 is 56.9 Å². The van der Waals surface area contributed by atoms with Crippen LogP contribution < -0.4 is 0 Å². The van der Waals surface area contributed by atoms with Crippen molar-refractivity contribution in [2.75, 3.05) is 139 Å². The molecule has 0 aliphatic carbocycles. The Kier molecular flexibility index (Phi) is 27.5. The Labute approximate surface area is 238 Å². The van der Waals surface area contributed by atoms with E-state index in [0.29, 0.717) is 131 Å². The molecule has 0 spiro atoms. The van der Waals surface area contributed by atoms with Crippen LogP contribution in [0.5, 0.6) is 0 Å². The van der Waals surface area contributed by atoms with Crippen LogP contribution >= 0.6 is 0 Å². The van der Waals surface area contributed by atoms with Crippen LogP contribution in [0.15, 0.2) is 30.3 Å². The van der Waals surface area contributed by atoms with Gasteiger partial charge in [0.2, 0.25) is 0 Å². The fraction of sp³-hybridized carbons (Fsp3) is 0.750. The highest BCUT2D eigenvalue weighted by atomic mass is 16.6. The maximum atomic E-state index is 11.8. The molecule has 0 aliphatic rings. The van der Waals surface area contributed by atoms with Gasteiger partial charge in [-0.2, -0.15) is 0 Å². The lowest BCUT2D eigenvalue weighted by Gasteiger charge is -2.09. The third-order valence-corrected chi connectivity index (χ3v) is 4.88. The van der Waals surface area contributed by atoms with E-state index in [0.717, 1.165) is 0 Å². The lowest BCUT2D eigenvalue weighted by molar-refractivity contribution is -0.0266. The second kappa shape index (κ2) is 30.3. The highest BCUT2D eigenvalue weighted by Gasteiger charge is 2.05. The molecule has 0 radical (unpaired) electrons. The summed E-state index contributed by atoms with van der Waals surface area (Å²) in [4.78, 5) is 11.8. The van der Waals surface area contributed by atoms with Gasteiger partial charge in [0.1, 0.15) is 6.61 Å². The summed E-state index contributed by atoms with van der Waals surface area (Å²) in [5.74, 6) is -0.355. The van der Waals surface area contributed by atoms with Gasteiger partial charge < -0.3 is 52.1 Å². The molecule has 0 amide bonds. The normalized spacial score (nSPS) is 11.2. The van der Waals surface area contributed by atoms with E-state index in [2.05, 4.69) is 0 Å². The van der Waals surface area contributed by atoms with Crippen molar-refractivity contribution in [1.29, 1.82) is 0 Å². The number of carbonyl (C=O) groups is 1. The van der Waals surface area contributed by atoms with E-state index < -0.39 is 0 Å². The molecule has 12 heteroatoms. The molecule has 12 nitrogen and oxygen atoms in total. The molecule has 0 atom stereocenters. The molecule has 0 fully saturated rings. The van der Waals surface area contributed by atoms with Crippen LogP contribution in [0.2, 0.25) is 0 Å². The number of hydrogen-bond donors (Lipinski definition) is 0. The van der Waals surface area contributed by atoms with Crippen LogP contribution in [0.25, 0.3) is 0 Å². The number of rotatable bonds is 31. The first kappa shape index (κ1) is 36.3. The zero-order chi connectivity index (χ0) is 28.6. The Balaban J connectivity index is 1.65. The summed E-state index contributed by atoms with van der Waals surface area (Å²) in [6.07, 6.45) is 0. The van der Waals surface area contributed by atoms with Crippen molar-refractivity contribution in [3.8, 4) is 0 Å². The summed E-state index contributed by atoms with van der Waals surface area (Å²) in [6.45, 7) is 9.71. The van der Waals surface area contributed by atoms with Gasteiger partial charge >= 0.3 is 5.97 Å². The van der Waals surface area contributed by atoms with Gasteiger partial charge in [0.05, 0.1) is 131 Å². The molecule has 0 aliphatic heterocycles. The number of hydrogen-bond acceptors (Lipinski definition) is 12. The van der Waals surface area contributed by atoms with E-state index >= 15 is 0 Å². The maximum absolute atomic E-state index is 11.8. The zero-order valence-corrected chi connectivity index (χ0v) is 23.9. The molecule has 0 saturated carbocycles. The maximum Gasteiger partial charge on any atom is 0.338 e. The lowest BCUT2D eigenvalue weighted by Crippen LogP contribution is -2.15. The average molecular weight is 577 g/mol. The molecule has 1 aromatic rings. The van der Waals surface area contributed by atoms with Gasteiger partial charge in [-0.3, -0.25) is 0 Å². The number of methoxy groups -OCH3 is 1. The number of benzene rings is 1. The molecule has 0 aromatic heterocycles. The summed E-state index contributed by atoms with van der Waals surface area (Å²) in [5, 5.41) is 0. The first-order chi connectivity index (χ1) is 19.8. The predicted octanol–water partition coefficient (Wildman–Crippen LogP) is 1.64. The minimum Gasteiger partial charge on any atom is -0.460 e. The molecular weight excluding hydrogens is 528 g/mol. The standard InChI is InChI=1S/C28H48O12/c1-30-7-8-31-9-10-32-11-12-33-13-14-34-15-16-35-17-18-36-19-20-37-21-22-38-23-24-39-25-26-40-28(29)27-5-3-2-4-6-27/h2-6H,7-26H2,1H3. The summed E-state index contributed by atoms with van der Waals surface area (Å²) >= 11 is 0. The fourth-order valence-electron chi connectivity index (χ4n) is 2.85. The summed E-state index contributed by atoms with van der Waals surface area (Å²) < 4.78 is 58.7. The largest absolute Gasteiger partial charge is 0.460 e. The van der Waals surface area contributed by atoms with E-state index in [1.54, 1.807) is 31.4 Å². The molecule has 1 rings (SSSR count). The Hall–Kier alpha value is -1.71. The Morgan fingerprint density at radius 1 is 0.425 bits per heavy atom. The van der Waals surface area contributed by atoms with Gasteiger partial charge in [0.25, 0.3) is 0 Å². The SMILES string of the molecule is COCCOCCOCCOCCOCCOCCOCCOCCOCCOCCOC(=O)c1ccccc1. The molecule has 40 heavy (non-hydrogen) atoms. The van der Waals surface area contributed by atoms with Crippen LogP contribution in [-0.4, -0.2) is 145 Å². The quantitative estimate of drug-likeness (QED) is 0.0944. The second-order valence-corrected chi connectivity index (χ2v) is 8.01. The van der Waals surface area contributed by atoms with Crippen LogP contribution in [0, 0.1) is 0 Å². The monoisotopic (exact) mass is 576 g/mol. The van der Waals surface area contributed by atoms with Crippen LogP contribution in [0.4, 0.5) is 0 Å². The molecule has 0 N–H and O–H groups in total. The molecule has 0 bridgehead atoms. The smallest absolute Gasteiger partial charge is 0.338 e. The Morgan fingerprint density at radius 2 is 0.700 bits per heavy atom. The van der Waals surface area contributed by atoms with Gasteiger partial charge in [-0.1, -0.05) is 18.2 Å². The summed E-state index contributed by atoms with van der Waals surface area (Å²) in [7, 11) is 1.64. The van der Waals surface area contributed by atoms with Gasteiger partial charge in [0, 0.05) is 7.11 Å². The van der Waals surface area contributed by atoms with Crippen LogP contribution in [0.1, 0.15) is 10.4 Å². The molecule has 232 valence electrons. The summed E-state index contributed by atoms with van der Waals surface area (Å²) in [6, 6.07) is 8.85. The first-order valence-electron chi connectivity index (χ1n) is 13.8. The Bertz CT molecular complexity index is 649. The molecule has 1 aromatic carbocycles. The number of carbonyl (C=O) groups excluding carboxylic acids is 1. The van der Waals surface area contributed by atoms with E-state index in [1.165, 1.54) is 0 Å². The minimum atomic E-state index is -0.355. The van der Waals surface area contributed by atoms with Gasteiger partial charge in [-0.05, 0) is 12.1 Å². The number of esters is 1. The van der Waals surface area contributed by atoms with Crippen molar-refractivity contribution in [3.05, 3.63) is 35.9 Å². The van der Waals surface area contributed by atoms with Gasteiger partial charge in [0.15, 0.2) is 0 Å². The molecular formula is C28H48O12. The third-order valence-electron chi connectivity index (χ3n) is 4.88. The summed E-state index contributed by atoms with van der Waals surface area (Å²) in [5.41, 5.74) is 0.527. The molecule has 0 saturated heterocycles. The third kappa shape index (κ3) is 25.3. The van der Waals surface area contributed by atoms with Crippen LogP contribution in [0.3, 0.4) is 0 Å². The van der Waals surface area contributed by atoms with Crippen LogP contribution in [-0.2, 0) is 52.1 Å². The van der Waals surface area contributed by atoms with Gasteiger partial charge in [-0.25, -0.2) is 4.79 Å². The minimum absolute atomic E-state index is 0.204. The van der Waals surface area contributed by atoms with E-state index in [4.69, 9.17) is 52.1 Å². The lowest BCUT2D eigenvalue weighted by atomic mass is 10.2. The Morgan fingerprint density at radius 3 is 1.00 bits per heavy atom. The van der Waals surface area contributed by atoms with Crippen molar-refractivity contribution >= 4 is 5.97 Å². The van der Waals surface area contributed by atoms with E-state index in [1.807, 2.05) is 6.07 Å². The zero-order valence-electron chi connectivity index (χ0n) is 23.9.